The molecule has 88 valence electrons. The average Bonchev–Trinajstić information content (AvgIpc) is 2.24. The van der Waals surface area contributed by atoms with Gasteiger partial charge in [0, 0.05) is 5.69 Å². The van der Waals surface area contributed by atoms with E-state index in [4.69, 9.17) is 4.74 Å². The highest BCUT2D eigenvalue weighted by Crippen LogP contribution is 2.18. The molecule has 1 heterocycles. The number of ether oxygens (including phenoxy) is 1. The minimum Gasteiger partial charge on any atom is -0.477 e. The average molecular weight is 239 g/mol. The van der Waals surface area contributed by atoms with Gasteiger partial charge in [-0.15, -0.1) is 12.6 Å². The minimum absolute atomic E-state index is 0.307. The van der Waals surface area contributed by atoms with Crippen LogP contribution in [0, 0.1) is 6.92 Å². The molecule has 1 rings (SSSR count). The third-order valence-corrected chi connectivity index (χ3v) is 2.46. The van der Waals surface area contributed by atoms with Gasteiger partial charge in [-0.25, -0.2) is 4.98 Å². The predicted octanol–water partition coefficient (Wildman–Crippen LogP) is 3.03. The number of aryl methyl sites for hydroxylation is 1. The van der Waals surface area contributed by atoms with Gasteiger partial charge >= 0.3 is 0 Å². The van der Waals surface area contributed by atoms with Crippen LogP contribution in [0.2, 0.25) is 0 Å². The van der Waals surface area contributed by atoms with Crippen LogP contribution in [-0.4, -0.2) is 16.7 Å². The molecule has 0 fully saturated rings. The summed E-state index contributed by atoms with van der Waals surface area (Å²) >= 11 is 3.80. The van der Waals surface area contributed by atoms with Gasteiger partial charge < -0.3 is 4.74 Å². The van der Waals surface area contributed by atoms with Crippen LogP contribution in [0.25, 0.3) is 0 Å². The van der Waals surface area contributed by atoms with Gasteiger partial charge in [-0.3, -0.25) is 4.79 Å². The molecule has 0 amide bonds. The van der Waals surface area contributed by atoms with Gasteiger partial charge in [-0.1, -0.05) is 19.8 Å². The molecule has 16 heavy (non-hydrogen) atoms. The molecule has 1 aromatic heterocycles. The molecule has 0 atom stereocenters. The highest BCUT2D eigenvalue weighted by Gasteiger charge is 2.10. The van der Waals surface area contributed by atoms with Gasteiger partial charge in [-0.2, -0.15) is 0 Å². The van der Waals surface area contributed by atoms with Crippen LogP contribution in [0.15, 0.2) is 12.1 Å². The van der Waals surface area contributed by atoms with Gasteiger partial charge in [0.05, 0.1) is 12.2 Å². The Bertz CT molecular complexity index is 366. The van der Waals surface area contributed by atoms with Crippen molar-refractivity contribution in [1.82, 2.24) is 4.98 Å². The van der Waals surface area contributed by atoms with Gasteiger partial charge in [0.25, 0.3) is 0 Å². The SMILES string of the molecule is CCCCCOc1nc(C)ccc1C(=O)S. The van der Waals surface area contributed by atoms with Crippen LogP contribution in [0.4, 0.5) is 0 Å². The molecule has 4 heteroatoms. The summed E-state index contributed by atoms with van der Waals surface area (Å²) in [6.07, 6.45) is 3.24. The number of unbranched alkanes of at least 4 members (excludes halogenated alkanes) is 2. The first-order valence-corrected chi connectivity index (χ1v) is 5.93. The Balaban J connectivity index is 2.68. The molecule has 0 spiro atoms. The van der Waals surface area contributed by atoms with E-state index in [0.29, 0.717) is 18.1 Å². The minimum atomic E-state index is -0.307. The number of carbonyl (C=O) groups is 1. The maximum atomic E-state index is 11.2. The van der Waals surface area contributed by atoms with Crippen LogP contribution in [-0.2, 0) is 0 Å². The monoisotopic (exact) mass is 239 g/mol. The lowest BCUT2D eigenvalue weighted by Gasteiger charge is -2.08. The molecule has 0 aliphatic heterocycles. The standard InChI is InChI=1S/C12H17NO2S/c1-3-4-5-8-15-11-10(12(14)16)7-6-9(2)13-11/h6-7H,3-5,8H2,1-2H3,(H,14,16). The van der Waals surface area contributed by atoms with Crippen molar-refractivity contribution in [1.29, 1.82) is 0 Å². The molecule has 0 N–H and O–H groups in total. The summed E-state index contributed by atoms with van der Waals surface area (Å²) in [5.41, 5.74) is 1.27. The molecule has 1 aromatic rings. The van der Waals surface area contributed by atoms with Crippen LogP contribution >= 0.6 is 12.6 Å². The third-order valence-electron chi connectivity index (χ3n) is 2.22. The first-order chi connectivity index (χ1) is 7.65. The molecular weight excluding hydrogens is 222 g/mol. The number of carbonyl (C=O) groups excluding carboxylic acids is 1. The molecule has 0 unspecified atom stereocenters. The zero-order valence-electron chi connectivity index (χ0n) is 9.69. The van der Waals surface area contributed by atoms with Gasteiger partial charge in [0.1, 0.15) is 0 Å². The van der Waals surface area contributed by atoms with Crippen LogP contribution in [0.5, 0.6) is 5.88 Å². The summed E-state index contributed by atoms with van der Waals surface area (Å²) in [4.78, 5) is 15.4. The lowest BCUT2D eigenvalue weighted by molar-refractivity contribution is 0.108. The van der Waals surface area contributed by atoms with Crippen molar-refractivity contribution < 1.29 is 9.53 Å². The molecule has 0 saturated heterocycles. The number of thiol groups is 1. The molecular formula is C12H17NO2S. The summed E-state index contributed by atoms with van der Waals surface area (Å²) in [5, 5.41) is -0.307. The summed E-state index contributed by atoms with van der Waals surface area (Å²) in [6.45, 7) is 4.59. The lowest BCUT2D eigenvalue weighted by atomic mass is 10.2. The summed E-state index contributed by atoms with van der Waals surface area (Å²) in [6, 6.07) is 3.48. The van der Waals surface area contributed by atoms with Crippen LogP contribution < -0.4 is 4.74 Å². The Morgan fingerprint density at radius 3 is 2.81 bits per heavy atom. The maximum Gasteiger partial charge on any atom is 0.225 e. The van der Waals surface area contributed by atoms with E-state index in [1.165, 1.54) is 0 Å². The van der Waals surface area contributed by atoms with E-state index < -0.39 is 0 Å². The molecule has 0 aliphatic carbocycles. The fourth-order valence-corrected chi connectivity index (χ4v) is 1.50. The second-order valence-corrected chi connectivity index (χ2v) is 4.07. The van der Waals surface area contributed by atoms with E-state index >= 15 is 0 Å². The second kappa shape index (κ2) is 6.53. The fourth-order valence-electron chi connectivity index (χ4n) is 1.33. The first kappa shape index (κ1) is 13.0. The van der Waals surface area contributed by atoms with E-state index in [1.807, 2.05) is 6.92 Å². The van der Waals surface area contributed by atoms with Gasteiger partial charge in [-0.05, 0) is 25.5 Å². The van der Waals surface area contributed by atoms with Gasteiger partial charge in [0.15, 0.2) is 0 Å². The van der Waals surface area contributed by atoms with Gasteiger partial charge in [0.2, 0.25) is 11.0 Å². The smallest absolute Gasteiger partial charge is 0.225 e. The van der Waals surface area contributed by atoms with E-state index in [2.05, 4.69) is 24.5 Å². The zero-order chi connectivity index (χ0) is 12.0. The highest BCUT2D eigenvalue weighted by molar-refractivity contribution is 7.97. The highest BCUT2D eigenvalue weighted by atomic mass is 32.1. The molecule has 0 radical (unpaired) electrons. The topological polar surface area (TPSA) is 39.2 Å². The number of pyridine rings is 1. The normalized spacial score (nSPS) is 10.2. The quantitative estimate of drug-likeness (QED) is 0.612. The number of hydrogen-bond donors (Lipinski definition) is 1. The lowest BCUT2D eigenvalue weighted by Crippen LogP contribution is -2.04. The summed E-state index contributed by atoms with van der Waals surface area (Å²) < 4.78 is 5.50. The second-order valence-electron chi connectivity index (χ2n) is 3.67. The van der Waals surface area contributed by atoms with Crippen molar-refractivity contribution in [3.05, 3.63) is 23.4 Å². The summed E-state index contributed by atoms with van der Waals surface area (Å²) in [7, 11) is 0. The number of nitrogens with zero attached hydrogens (tertiary/aromatic N) is 1. The molecule has 0 aromatic carbocycles. The Morgan fingerprint density at radius 2 is 2.19 bits per heavy atom. The maximum absolute atomic E-state index is 11.2. The zero-order valence-corrected chi connectivity index (χ0v) is 10.6. The summed E-state index contributed by atoms with van der Waals surface area (Å²) in [5.74, 6) is 0.399. The van der Waals surface area contributed by atoms with Crippen molar-refractivity contribution in [3.8, 4) is 5.88 Å². The van der Waals surface area contributed by atoms with E-state index in [1.54, 1.807) is 12.1 Å². The fraction of sp³-hybridized carbons (Fsp3) is 0.500. The largest absolute Gasteiger partial charge is 0.477 e. The molecule has 0 aliphatic rings. The van der Waals surface area contributed by atoms with E-state index in [0.717, 1.165) is 25.0 Å². The Morgan fingerprint density at radius 1 is 1.44 bits per heavy atom. The Labute approximate surface area is 102 Å². The van der Waals surface area contributed by atoms with E-state index in [9.17, 15) is 4.79 Å². The predicted molar refractivity (Wildman–Crippen MR) is 67.3 cm³/mol. The number of rotatable bonds is 6. The van der Waals surface area contributed by atoms with Crippen LogP contribution in [0.1, 0.15) is 42.2 Å². The van der Waals surface area contributed by atoms with Crippen molar-refractivity contribution in [3.63, 3.8) is 0 Å². The van der Waals surface area contributed by atoms with Crippen molar-refractivity contribution in [2.24, 2.45) is 0 Å². The van der Waals surface area contributed by atoms with Crippen molar-refractivity contribution >= 4 is 17.7 Å². The number of hydrogen-bond acceptors (Lipinski definition) is 3. The molecule has 0 bridgehead atoms. The van der Waals surface area contributed by atoms with Crippen LogP contribution in [0.3, 0.4) is 0 Å². The third kappa shape index (κ3) is 3.85. The Kier molecular flexibility index (Phi) is 5.32. The number of aromatic nitrogens is 1. The van der Waals surface area contributed by atoms with Crippen molar-refractivity contribution in [2.45, 2.75) is 33.1 Å². The van der Waals surface area contributed by atoms with Crippen molar-refractivity contribution in [2.75, 3.05) is 6.61 Å². The van der Waals surface area contributed by atoms with E-state index in [-0.39, 0.29) is 5.12 Å². The molecule has 3 nitrogen and oxygen atoms in total. The first-order valence-electron chi connectivity index (χ1n) is 5.49. The Hall–Kier alpha value is -1.03. The molecule has 0 saturated carbocycles.